The molecule has 0 aliphatic rings. The van der Waals surface area contributed by atoms with Crippen molar-refractivity contribution in [2.45, 2.75) is 12.2 Å². The van der Waals surface area contributed by atoms with Gasteiger partial charge in [0.15, 0.2) is 0 Å². The summed E-state index contributed by atoms with van der Waals surface area (Å²) >= 11 is 0. The van der Waals surface area contributed by atoms with Crippen LogP contribution < -0.4 is 4.72 Å². The van der Waals surface area contributed by atoms with Crippen LogP contribution in [-0.2, 0) is 15.8 Å². The molecule has 80 valence electrons. The van der Waals surface area contributed by atoms with E-state index in [1.807, 2.05) is 18.2 Å². The summed E-state index contributed by atoms with van der Waals surface area (Å²) in [6.07, 6.45) is 5.44. The summed E-state index contributed by atoms with van der Waals surface area (Å²) in [4.78, 5) is 0. The number of nitrogens with one attached hydrogen (secondary N) is 1. The van der Waals surface area contributed by atoms with Gasteiger partial charge < -0.3 is 0 Å². The maximum Gasteiger partial charge on any atom is 0.215 e. The molecule has 1 N–H and O–H groups in total. The quantitative estimate of drug-likeness (QED) is 0.601. The summed E-state index contributed by atoms with van der Waals surface area (Å²) in [6.45, 7) is 0.297. The summed E-state index contributed by atoms with van der Waals surface area (Å²) < 4.78 is 25.4. The van der Waals surface area contributed by atoms with Gasteiger partial charge in [-0.3, -0.25) is 0 Å². The zero-order chi connectivity index (χ0) is 11.1. The number of hydrogen-bond acceptors (Lipinski definition) is 2. The van der Waals surface area contributed by atoms with Gasteiger partial charge in [-0.2, -0.15) is 0 Å². The van der Waals surface area contributed by atoms with Crippen LogP contribution in [0.4, 0.5) is 0 Å². The molecule has 0 atom stereocenters. The van der Waals surface area contributed by atoms with Crippen molar-refractivity contribution in [1.29, 1.82) is 0 Å². The molecule has 3 nitrogen and oxygen atoms in total. The highest BCUT2D eigenvalue weighted by Crippen LogP contribution is 2.03. The summed E-state index contributed by atoms with van der Waals surface area (Å²) in [5, 5.41) is 0. The Labute approximate surface area is 90.6 Å². The molecule has 0 heterocycles. The highest BCUT2D eigenvalue weighted by Gasteiger charge is 2.09. The van der Waals surface area contributed by atoms with Crippen LogP contribution in [0.1, 0.15) is 12.0 Å². The minimum atomic E-state index is -3.25. The zero-order valence-electron chi connectivity index (χ0n) is 8.31. The van der Waals surface area contributed by atoms with E-state index in [0.717, 1.165) is 5.56 Å². The normalized spacial score (nSPS) is 10.9. The molecular formula is C11H13NO2S. The maximum absolute atomic E-state index is 11.5. The monoisotopic (exact) mass is 223 g/mol. The highest BCUT2D eigenvalue weighted by atomic mass is 32.2. The smallest absolute Gasteiger partial charge is 0.214 e. The molecule has 0 bridgehead atoms. The van der Waals surface area contributed by atoms with Crippen molar-refractivity contribution in [3.8, 4) is 12.3 Å². The Bertz CT molecular complexity index is 431. The summed E-state index contributed by atoms with van der Waals surface area (Å²) in [6, 6.07) is 9.03. The van der Waals surface area contributed by atoms with Crippen LogP contribution in [0.3, 0.4) is 0 Å². The minimum absolute atomic E-state index is 0.00158. The van der Waals surface area contributed by atoms with Crippen molar-refractivity contribution >= 4 is 10.0 Å². The van der Waals surface area contributed by atoms with Crippen molar-refractivity contribution < 1.29 is 8.42 Å². The number of benzene rings is 1. The van der Waals surface area contributed by atoms with Crippen molar-refractivity contribution in [1.82, 2.24) is 4.72 Å². The standard InChI is InChI=1S/C11H13NO2S/c1-2-3-9-12-15(13,14)10-11-7-5-4-6-8-11/h1,4-8,12H,3,9-10H2. The first-order chi connectivity index (χ1) is 7.14. The number of sulfonamides is 1. The van der Waals surface area contributed by atoms with Crippen LogP contribution in [0.15, 0.2) is 30.3 Å². The molecule has 0 aromatic heterocycles. The summed E-state index contributed by atoms with van der Waals surface area (Å²) in [7, 11) is -3.25. The third-order valence-corrected chi connectivity index (χ3v) is 3.15. The first-order valence-corrected chi connectivity index (χ1v) is 6.24. The topological polar surface area (TPSA) is 46.2 Å². The molecule has 1 aromatic rings. The van der Waals surface area contributed by atoms with E-state index >= 15 is 0 Å². The van der Waals surface area contributed by atoms with Gasteiger partial charge in [-0.25, -0.2) is 13.1 Å². The Morgan fingerprint density at radius 2 is 1.93 bits per heavy atom. The van der Waals surface area contributed by atoms with Gasteiger partial charge in [0, 0.05) is 13.0 Å². The molecule has 1 rings (SSSR count). The van der Waals surface area contributed by atoms with Gasteiger partial charge in [0.05, 0.1) is 5.75 Å². The third-order valence-electron chi connectivity index (χ3n) is 1.79. The molecule has 0 unspecified atom stereocenters. The highest BCUT2D eigenvalue weighted by molar-refractivity contribution is 7.88. The number of hydrogen-bond donors (Lipinski definition) is 1. The minimum Gasteiger partial charge on any atom is -0.214 e. The van der Waals surface area contributed by atoms with Crippen molar-refractivity contribution in [3.05, 3.63) is 35.9 Å². The molecule has 1 aromatic carbocycles. The van der Waals surface area contributed by atoms with E-state index < -0.39 is 10.0 Å². The number of rotatable bonds is 5. The van der Waals surface area contributed by atoms with E-state index in [1.165, 1.54) is 0 Å². The first-order valence-electron chi connectivity index (χ1n) is 4.59. The molecule has 0 amide bonds. The van der Waals surface area contributed by atoms with E-state index in [-0.39, 0.29) is 5.75 Å². The fraction of sp³-hybridized carbons (Fsp3) is 0.273. The van der Waals surface area contributed by atoms with Crippen LogP contribution in [0.25, 0.3) is 0 Å². The van der Waals surface area contributed by atoms with E-state index in [1.54, 1.807) is 12.1 Å². The second kappa shape index (κ2) is 5.54. The van der Waals surface area contributed by atoms with Crippen molar-refractivity contribution in [2.75, 3.05) is 6.54 Å². The fourth-order valence-corrected chi connectivity index (χ4v) is 2.27. The van der Waals surface area contributed by atoms with Gasteiger partial charge in [0.25, 0.3) is 0 Å². The maximum atomic E-state index is 11.5. The molecule has 0 aliphatic carbocycles. The lowest BCUT2D eigenvalue weighted by Crippen LogP contribution is -2.25. The molecule has 0 spiro atoms. The lowest BCUT2D eigenvalue weighted by Gasteiger charge is -2.04. The fourth-order valence-electron chi connectivity index (χ4n) is 1.12. The van der Waals surface area contributed by atoms with E-state index in [9.17, 15) is 8.42 Å². The van der Waals surface area contributed by atoms with Crippen molar-refractivity contribution in [3.63, 3.8) is 0 Å². The third kappa shape index (κ3) is 4.63. The Kier molecular flexibility index (Phi) is 4.35. The molecule has 4 heteroatoms. The molecule has 0 radical (unpaired) electrons. The second-order valence-electron chi connectivity index (χ2n) is 3.09. The van der Waals surface area contributed by atoms with Crippen LogP contribution in [-0.4, -0.2) is 15.0 Å². The second-order valence-corrected chi connectivity index (χ2v) is 4.90. The number of terminal acetylenes is 1. The average molecular weight is 223 g/mol. The van der Waals surface area contributed by atoms with Crippen molar-refractivity contribution in [2.24, 2.45) is 0 Å². The Balaban J connectivity index is 2.54. The van der Waals surface area contributed by atoms with Crippen LogP contribution in [0.2, 0.25) is 0 Å². The van der Waals surface area contributed by atoms with Crippen LogP contribution in [0.5, 0.6) is 0 Å². The summed E-state index contributed by atoms with van der Waals surface area (Å²) in [5.41, 5.74) is 0.769. The van der Waals surface area contributed by atoms with Gasteiger partial charge in [-0.1, -0.05) is 30.3 Å². The average Bonchev–Trinajstić information content (AvgIpc) is 2.18. The Morgan fingerprint density at radius 1 is 1.27 bits per heavy atom. The van der Waals surface area contributed by atoms with E-state index in [4.69, 9.17) is 6.42 Å². The predicted octanol–water partition coefficient (Wildman–Crippen LogP) is 1.13. The first kappa shape index (κ1) is 11.8. The van der Waals surface area contributed by atoms with E-state index in [0.29, 0.717) is 13.0 Å². The molecular weight excluding hydrogens is 210 g/mol. The lowest BCUT2D eigenvalue weighted by molar-refractivity contribution is 0.581. The Morgan fingerprint density at radius 3 is 2.53 bits per heavy atom. The molecule has 0 saturated carbocycles. The van der Waals surface area contributed by atoms with Gasteiger partial charge in [-0.15, -0.1) is 12.3 Å². The summed E-state index contributed by atoms with van der Waals surface area (Å²) in [5.74, 6) is 2.38. The van der Waals surface area contributed by atoms with Crippen LogP contribution >= 0.6 is 0 Å². The van der Waals surface area contributed by atoms with Gasteiger partial charge in [-0.05, 0) is 5.56 Å². The van der Waals surface area contributed by atoms with Gasteiger partial charge in [0.2, 0.25) is 10.0 Å². The van der Waals surface area contributed by atoms with Gasteiger partial charge >= 0.3 is 0 Å². The van der Waals surface area contributed by atoms with Gasteiger partial charge in [0.1, 0.15) is 0 Å². The molecule has 0 fully saturated rings. The zero-order valence-corrected chi connectivity index (χ0v) is 9.13. The van der Waals surface area contributed by atoms with Crippen LogP contribution in [0, 0.1) is 12.3 Å². The molecule has 0 saturated heterocycles. The lowest BCUT2D eigenvalue weighted by atomic mass is 10.2. The predicted molar refractivity (Wildman–Crippen MR) is 60.5 cm³/mol. The Hall–Kier alpha value is -1.31. The SMILES string of the molecule is C#CCCNS(=O)(=O)Cc1ccccc1. The largest absolute Gasteiger partial charge is 0.215 e. The molecule has 15 heavy (non-hydrogen) atoms. The van der Waals surface area contributed by atoms with E-state index in [2.05, 4.69) is 10.6 Å². The molecule has 0 aliphatic heterocycles.